The smallest absolute Gasteiger partial charge is 0.126 e. The molecule has 0 aliphatic carbocycles. The van der Waals surface area contributed by atoms with Gasteiger partial charge < -0.3 is 10.6 Å². The lowest BCUT2D eigenvalue weighted by Gasteiger charge is -2.24. The van der Waals surface area contributed by atoms with Crippen molar-refractivity contribution < 1.29 is 8.78 Å². The second-order valence-electron chi connectivity index (χ2n) is 4.80. The van der Waals surface area contributed by atoms with Crippen LogP contribution in [0.3, 0.4) is 0 Å². The van der Waals surface area contributed by atoms with Crippen LogP contribution >= 0.6 is 0 Å². The highest BCUT2D eigenvalue weighted by atomic mass is 19.1. The van der Waals surface area contributed by atoms with Crippen LogP contribution in [-0.2, 0) is 6.42 Å². The van der Waals surface area contributed by atoms with Crippen molar-refractivity contribution in [2.75, 3.05) is 20.1 Å². The van der Waals surface area contributed by atoms with Gasteiger partial charge in [-0.2, -0.15) is 0 Å². The van der Waals surface area contributed by atoms with E-state index >= 15 is 0 Å². The van der Waals surface area contributed by atoms with Crippen molar-refractivity contribution >= 4 is 0 Å². The van der Waals surface area contributed by atoms with Crippen LogP contribution in [0.25, 0.3) is 0 Å². The van der Waals surface area contributed by atoms with E-state index in [0.29, 0.717) is 18.5 Å². The first-order valence-corrected chi connectivity index (χ1v) is 5.78. The van der Waals surface area contributed by atoms with Crippen LogP contribution in [0.1, 0.15) is 19.4 Å². The molecule has 0 fully saturated rings. The minimum absolute atomic E-state index is 0.000479. The van der Waals surface area contributed by atoms with Crippen molar-refractivity contribution in [3.05, 3.63) is 35.4 Å². The number of hydrogen-bond acceptors (Lipinski definition) is 2. The number of rotatable bonds is 6. The van der Waals surface area contributed by atoms with Gasteiger partial charge in [0.15, 0.2) is 0 Å². The zero-order valence-corrected chi connectivity index (χ0v) is 10.6. The molecular weight excluding hydrogens is 222 g/mol. The van der Waals surface area contributed by atoms with Crippen molar-refractivity contribution in [1.82, 2.24) is 10.6 Å². The quantitative estimate of drug-likeness (QED) is 0.746. The predicted octanol–water partition coefficient (Wildman–Crippen LogP) is 2.09. The normalized spacial score (nSPS) is 11.8. The Bertz CT molecular complexity index is 364. The molecular formula is C13H20F2N2. The fraction of sp³-hybridized carbons (Fsp3) is 0.538. The van der Waals surface area contributed by atoms with Crippen LogP contribution < -0.4 is 10.6 Å². The number of likely N-dealkylation sites (N-methyl/N-ethyl adjacent to an activating group) is 1. The number of halogens is 2. The molecule has 0 unspecified atom stereocenters. The first-order chi connectivity index (χ1) is 7.94. The van der Waals surface area contributed by atoms with Crippen molar-refractivity contribution in [2.45, 2.75) is 25.8 Å². The minimum atomic E-state index is -0.392. The van der Waals surface area contributed by atoms with Gasteiger partial charge in [0.05, 0.1) is 0 Å². The molecule has 0 aromatic heterocycles. The van der Waals surface area contributed by atoms with Crippen LogP contribution in [0.15, 0.2) is 18.2 Å². The molecule has 0 amide bonds. The molecule has 0 aliphatic rings. The largest absolute Gasteiger partial charge is 0.315 e. The Morgan fingerprint density at radius 3 is 2.59 bits per heavy atom. The van der Waals surface area contributed by atoms with E-state index in [4.69, 9.17) is 0 Å². The summed E-state index contributed by atoms with van der Waals surface area (Å²) in [6, 6.07) is 3.55. The Labute approximate surface area is 101 Å². The SMILES string of the molecule is CNC(C)(C)CNCCc1cc(F)ccc1F. The van der Waals surface area contributed by atoms with Crippen molar-refractivity contribution in [3.63, 3.8) is 0 Å². The molecule has 0 heterocycles. The first kappa shape index (κ1) is 14.1. The summed E-state index contributed by atoms with van der Waals surface area (Å²) in [4.78, 5) is 0. The Morgan fingerprint density at radius 2 is 1.94 bits per heavy atom. The summed E-state index contributed by atoms with van der Waals surface area (Å²) in [5.41, 5.74) is 0.417. The van der Waals surface area contributed by atoms with Crippen LogP contribution in [0.4, 0.5) is 8.78 Å². The standard InChI is InChI=1S/C13H20F2N2/c1-13(2,16-3)9-17-7-6-10-8-11(14)4-5-12(10)15/h4-5,8,16-17H,6-7,9H2,1-3H3. The van der Waals surface area contributed by atoms with Crippen LogP contribution in [0, 0.1) is 11.6 Å². The van der Waals surface area contributed by atoms with Gasteiger partial charge in [-0.3, -0.25) is 0 Å². The maximum Gasteiger partial charge on any atom is 0.126 e. The molecule has 0 saturated carbocycles. The zero-order chi connectivity index (χ0) is 12.9. The summed E-state index contributed by atoms with van der Waals surface area (Å²) < 4.78 is 26.2. The molecule has 0 aliphatic heterocycles. The molecule has 0 atom stereocenters. The molecule has 1 aromatic carbocycles. The third-order valence-electron chi connectivity index (χ3n) is 2.82. The molecule has 96 valence electrons. The number of benzene rings is 1. The van der Waals surface area contributed by atoms with E-state index < -0.39 is 5.82 Å². The van der Waals surface area contributed by atoms with E-state index in [1.807, 2.05) is 7.05 Å². The fourth-order valence-electron chi connectivity index (χ4n) is 1.45. The van der Waals surface area contributed by atoms with E-state index in [-0.39, 0.29) is 11.4 Å². The highest BCUT2D eigenvalue weighted by Crippen LogP contribution is 2.09. The third kappa shape index (κ3) is 4.79. The molecule has 2 nitrogen and oxygen atoms in total. The van der Waals surface area contributed by atoms with Gasteiger partial charge in [-0.1, -0.05) is 0 Å². The van der Waals surface area contributed by atoms with Gasteiger partial charge in [-0.25, -0.2) is 8.78 Å². The Morgan fingerprint density at radius 1 is 1.24 bits per heavy atom. The van der Waals surface area contributed by atoms with Gasteiger partial charge in [0.2, 0.25) is 0 Å². The lowest BCUT2D eigenvalue weighted by Crippen LogP contribution is -2.46. The molecule has 1 aromatic rings. The Hall–Kier alpha value is -1.00. The fourth-order valence-corrected chi connectivity index (χ4v) is 1.45. The van der Waals surface area contributed by atoms with Crippen LogP contribution in [0.2, 0.25) is 0 Å². The molecule has 17 heavy (non-hydrogen) atoms. The summed E-state index contributed by atoms with van der Waals surface area (Å²) in [7, 11) is 1.90. The second-order valence-corrected chi connectivity index (χ2v) is 4.80. The average Bonchev–Trinajstić information content (AvgIpc) is 2.29. The molecule has 2 N–H and O–H groups in total. The van der Waals surface area contributed by atoms with E-state index in [1.165, 1.54) is 12.1 Å². The van der Waals surface area contributed by atoms with Crippen LogP contribution in [0.5, 0.6) is 0 Å². The predicted molar refractivity (Wildman–Crippen MR) is 66.1 cm³/mol. The molecule has 4 heteroatoms. The maximum atomic E-state index is 13.3. The van der Waals surface area contributed by atoms with Gasteiger partial charge in [-0.15, -0.1) is 0 Å². The van der Waals surface area contributed by atoms with Crippen molar-refractivity contribution in [1.29, 1.82) is 0 Å². The zero-order valence-electron chi connectivity index (χ0n) is 10.6. The van der Waals surface area contributed by atoms with E-state index in [1.54, 1.807) is 0 Å². The highest BCUT2D eigenvalue weighted by Gasteiger charge is 2.13. The van der Waals surface area contributed by atoms with E-state index in [2.05, 4.69) is 24.5 Å². The topological polar surface area (TPSA) is 24.1 Å². The average molecular weight is 242 g/mol. The number of nitrogens with one attached hydrogen (secondary N) is 2. The minimum Gasteiger partial charge on any atom is -0.315 e. The van der Waals surface area contributed by atoms with Crippen molar-refractivity contribution in [3.8, 4) is 0 Å². The summed E-state index contributed by atoms with van der Waals surface area (Å²) in [5.74, 6) is -0.738. The number of hydrogen-bond donors (Lipinski definition) is 2. The lowest BCUT2D eigenvalue weighted by atomic mass is 10.1. The lowest BCUT2D eigenvalue weighted by molar-refractivity contribution is 0.395. The Kier molecular flexibility index (Phi) is 5.02. The van der Waals surface area contributed by atoms with Gasteiger partial charge in [0.1, 0.15) is 11.6 Å². The van der Waals surface area contributed by atoms with Crippen molar-refractivity contribution in [2.24, 2.45) is 0 Å². The maximum absolute atomic E-state index is 13.3. The summed E-state index contributed by atoms with van der Waals surface area (Å²) >= 11 is 0. The molecule has 0 bridgehead atoms. The Balaban J connectivity index is 2.38. The van der Waals surface area contributed by atoms with Gasteiger partial charge in [0, 0.05) is 12.1 Å². The molecule has 1 rings (SSSR count). The molecule has 0 spiro atoms. The summed E-state index contributed by atoms with van der Waals surface area (Å²) in [6.45, 7) is 5.55. The van der Waals surface area contributed by atoms with Gasteiger partial charge in [0.25, 0.3) is 0 Å². The first-order valence-electron chi connectivity index (χ1n) is 5.78. The second kappa shape index (κ2) is 6.07. The monoisotopic (exact) mass is 242 g/mol. The third-order valence-corrected chi connectivity index (χ3v) is 2.82. The van der Waals surface area contributed by atoms with Crippen LogP contribution in [-0.4, -0.2) is 25.7 Å². The molecule has 0 radical (unpaired) electrons. The van der Waals surface area contributed by atoms with E-state index in [9.17, 15) is 8.78 Å². The summed E-state index contributed by atoms with van der Waals surface area (Å²) in [5, 5.41) is 6.38. The van der Waals surface area contributed by atoms with Gasteiger partial charge >= 0.3 is 0 Å². The highest BCUT2D eigenvalue weighted by molar-refractivity contribution is 5.18. The summed E-state index contributed by atoms with van der Waals surface area (Å²) in [6.07, 6.45) is 0.489. The molecule has 0 saturated heterocycles. The van der Waals surface area contributed by atoms with Gasteiger partial charge in [-0.05, 0) is 57.6 Å². The van der Waals surface area contributed by atoms with E-state index in [0.717, 1.165) is 12.6 Å².